The number of carbonyl (C=O) groups is 3. The molecule has 1 aliphatic heterocycles. The first-order chi connectivity index (χ1) is 13.3. The zero-order valence-corrected chi connectivity index (χ0v) is 16.1. The molecule has 2 amide bonds. The van der Waals surface area contributed by atoms with E-state index in [4.69, 9.17) is 5.11 Å². The van der Waals surface area contributed by atoms with Gasteiger partial charge in [0.2, 0.25) is 11.8 Å². The van der Waals surface area contributed by atoms with Gasteiger partial charge in [-0.25, -0.2) is 4.79 Å². The average molecular weight is 380 g/mol. The summed E-state index contributed by atoms with van der Waals surface area (Å²) in [5.41, 5.74) is 3.21. The van der Waals surface area contributed by atoms with E-state index < -0.39 is 12.0 Å². The van der Waals surface area contributed by atoms with Crippen molar-refractivity contribution < 1.29 is 19.5 Å². The molecule has 0 spiro atoms. The third-order valence-corrected chi connectivity index (χ3v) is 5.08. The maximum atomic E-state index is 13.0. The molecule has 2 aromatic rings. The number of likely N-dealkylation sites (N-methyl/N-ethyl adjacent to an activating group) is 1. The molecular weight excluding hydrogens is 356 g/mol. The molecule has 1 atom stereocenters. The minimum Gasteiger partial charge on any atom is -0.478 e. The van der Waals surface area contributed by atoms with Crippen LogP contribution in [-0.4, -0.2) is 45.8 Å². The van der Waals surface area contributed by atoms with E-state index in [0.29, 0.717) is 25.9 Å². The molecule has 3 rings (SSSR count). The molecule has 0 unspecified atom stereocenters. The number of nitrogens with zero attached hydrogens (tertiary/aromatic N) is 2. The summed E-state index contributed by atoms with van der Waals surface area (Å²) in [6, 6.07) is 14.0. The Hall–Kier alpha value is -3.15. The summed E-state index contributed by atoms with van der Waals surface area (Å²) in [4.78, 5) is 39.5. The summed E-state index contributed by atoms with van der Waals surface area (Å²) in [5.74, 6) is -1.08. The minimum atomic E-state index is -0.979. The van der Waals surface area contributed by atoms with Gasteiger partial charge in [-0.15, -0.1) is 0 Å². The van der Waals surface area contributed by atoms with Gasteiger partial charge in [0.05, 0.1) is 5.56 Å². The predicted octanol–water partition coefficient (Wildman–Crippen LogP) is 2.84. The van der Waals surface area contributed by atoms with Crippen molar-refractivity contribution in [3.63, 3.8) is 0 Å². The van der Waals surface area contributed by atoms with Crippen LogP contribution in [0, 0.1) is 6.92 Å². The largest absolute Gasteiger partial charge is 0.478 e. The lowest BCUT2D eigenvalue weighted by atomic mass is 10.1. The van der Waals surface area contributed by atoms with Crippen LogP contribution in [-0.2, 0) is 22.7 Å². The molecule has 0 radical (unpaired) electrons. The third-order valence-electron chi connectivity index (χ3n) is 5.08. The van der Waals surface area contributed by atoms with E-state index in [1.807, 2.05) is 31.2 Å². The fourth-order valence-electron chi connectivity index (χ4n) is 3.44. The molecule has 1 saturated heterocycles. The van der Waals surface area contributed by atoms with Gasteiger partial charge in [-0.2, -0.15) is 0 Å². The number of carboxylic acid groups (broad SMARTS) is 1. The molecule has 0 aliphatic carbocycles. The maximum Gasteiger partial charge on any atom is 0.335 e. The van der Waals surface area contributed by atoms with Crippen molar-refractivity contribution in [1.29, 1.82) is 0 Å². The number of aromatic carboxylic acids is 1. The highest BCUT2D eigenvalue weighted by Gasteiger charge is 2.37. The Morgan fingerprint density at radius 3 is 2.29 bits per heavy atom. The molecule has 28 heavy (non-hydrogen) atoms. The molecule has 1 aliphatic rings. The summed E-state index contributed by atoms with van der Waals surface area (Å²) >= 11 is 0. The smallest absolute Gasteiger partial charge is 0.335 e. The monoisotopic (exact) mass is 380 g/mol. The van der Waals surface area contributed by atoms with Crippen molar-refractivity contribution in [2.24, 2.45) is 0 Å². The number of hydrogen-bond acceptors (Lipinski definition) is 3. The second-order valence-corrected chi connectivity index (χ2v) is 7.26. The lowest BCUT2D eigenvalue weighted by Gasteiger charge is -2.28. The van der Waals surface area contributed by atoms with Crippen LogP contribution in [0.15, 0.2) is 48.5 Å². The van der Waals surface area contributed by atoms with Gasteiger partial charge in [0.1, 0.15) is 6.04 Å². The van der Waals surface area contributed by atoms with Gasteiger partial charge in [-0.1, -0.05) is 42.0 Å². The first-order valence-electron chi connectivity index (χ1n) is 9.27. The van der Waals surface area contributed by atoms with Crippen molar-refractivity contribution in [3.8, 4) is 0 Å². The number of rotatable bonds is 6. The highest BCUT2D eigenvalue weighted by molar-refractivity contribution is 5.91. The molecular formula is C22H24N2O4. The molecule has 6 nitrogen and oxygen atoms in total. The van der Waals surface area contributed by atoms with E-state index >= 15 is 0 Å². The number of aryl methyl sites for hydroxylation is 1. The Balaban J connectivity index is 1.67. The van der Waals surface area contributed by atoms with Crippen LogP contribution >= 0.6 is 0 Å². The fraction of sp³-hybridized carbons (Fsp3) is 0.318. The summed E-state index contributed by atoms with van der Waals surface area (Å²) in [6.07, 6.45) is 0.898. The molecule has 2 aromatic carbocycles. The normalized spacial score (nSPS) is 16.3. The number of benzene rings is 2. The van der Waals surface area contributed by atoms with Crippen molar-refractivity contribution in [3.05, 3.63) is 70.8 Å². The van der Waals surface area contributed by atoms with E-state index in [0.717, 1.165) is 16.7 Å². The Labute approximate surface area is 164 Å². The zero-order chi connectivity index (χ0) is 20.3. The molecule has 0 aromatic heterocycles. The second-order valence-electron chi connectivity index (χ2n) is 7.26. The molecule has 1 N–H and O–H groups in total. The van der Waals surface area contributed by atoms with Crippen LogP contribution < -0.4 is 0 Å². The van der Waals surface area contributed by atoms with Gasteiger partial charge in [-0.05, 0) is 36.6 Å². The van der Waals surface area contributed by atoms with E-state index in [1.54, 1.807) is 29.0 Å². The summed E-state index contributed by atoms with van der Waals surface area (Å²) < 4.78 is 0. The van der Waals surface area contributed by atoms with Crippen LogP contribution in [0.3, 0.4) is 0 Å². The Kier molecular flexibility index (Phi) is 5.78. The Morgan fingerprint density at radius 2 is 1.68 bits per heavy atom. The standard InChI is InChI=1S/C22H24N2O4/c1-15-3-5-17(6-4-15)14-24-19(11-12-20(24)25)21(26)23(2)13-16-7-9-18(10-8-16)22(27)28/h3-10,19H,11-14H2,1-2H3,(H,27,28)/t19-/m0/s1. The summed E-state index contributed by atoms with van der Waals surface area (Å²) in [6.45, 7) is 2.80. The van der Waals surface area contributed by atoms with E-state index in [2.05, 4.69) is 0 Å². The number of likely N-dealkylation sites (tertiary alicyclic amines) is 1. The highest BCUT2D eigenvalue weighted by Crippen LogP contribution is 2.24. The number of amides is 2. The maximum absolute atomic E-state index is 13.0. The van der Waals surface area contributed by atoms with Crippen LogP contribution in [0.1, 0.15) is 39.9 Å². The van der Waals surface area contributed by atoms with Crippen LogP contribution in [0.25, 0.3) is 0 Å². The Bertz CT molecular complexity index is 874. The molecule has 146 valence electrons. The minimum absolute atomic E-state index is 0.00173. The number of carboxylic acids is 1. The molecule has 6 heteroatoms. The lowest BCUT2D eigenvalue weighted by molar-refractivity contribution is -0.141. The van der Waals surface area contributed by atoms with Crippen LogP contribution in [0.2, 0.25) is 0 Å². The Morgan fingerprint density at radius 1 is 1.07 bits per heavy atom. The van der Waals surface area contributed by atoms with Gasteiger partial charge in [-0.3, -0.25) is 9.59 Å². The summed E-state index contributed by atoms with van der Waals surface area (Å²) in [7, 11) is 1.71. The summed E-state index contributed by atoms with van der Waals surface area (Å²) in [5, 5.41) is 8.98. The number of hydrogen-bond donors (Lipinski definition) is 1. The lowest BCUT2D eigenvalue weighted by Crippen LogP contribution is -2.44. The van der Waals surface area contributed by atoms with Crippen molar-refractivity contribution in [2.75, 3.05) is 7.05 Å². The second kappa shape index (κ2) is 8.25. The van der Waals surface area contributed by atoms with Crippen molar-refractivity contribution >= 4 is 17.8 Å². The molecule has 0 bridgehead atoms. The SMILES string of the molecule is Cc1ccc(CN2C(=O)CC[C@H]2C(=O)N(C)Cc2ccc(C(=O)O)cc2)cc1. The third kappa shape index (κ3) is 4.39. The van der Waals surface area contributed by atoms with Crippen LogP contribution in [0.5, 0.6) is 0 Å². The predicted molar refractivity (Wildman–Crippen MR) is 105 cm³/mol. The van der Waals surface area contributed by atoms with Gasteiger partial charge >= 0.3 is 5.97 Å². The molecule has 1 fully saturated rings. The first-order valence-corrected chi connectivity index (χ1v) is 9.27. The quantitative estimate of drug-likeness (QED) is 0.836. The van der Waals surface area contributed by atoms with Crippen molar-refractivity contribution in [2.45, 2.75) is 38.9 Å². The van der Waals surface area contributed by atoms with Crippen molar-refractivity contribution in [1.82, 2.24) is 9.80 Å². The van der Waals surface area contributed by atoms with E-state index in [-0.39, 0.29) is 17.4 Å². The van der Waals surface area contributed by atoms with E-state index in [1.165, 1.54) is 12.1 Å². The molecule has 0 saturated carbocycles. The van der Waals surface area contributed by atoms with Gasteiger partial charge in [0.25, 0.3) is 0 Å². The zero-order valence-electron chi connectivity index (χ0n) is 16.1. The fourth-order valence-corrected chi connectivity index (χ4v) is 3.44. The topological polar surface area (TPSA) is 77.9 Å². The number of carbonyl (C=O) groups excluding carboxylic acids is 2. The average Bonchev–Trinajstić information content (AvgIpc) is 3.03. The van der Waals surface area contributed by atoms with Gasteiger partial charge < -0.3 is 14.9 Å². The van der Waals surface area contributed by atoms with Gasteiger partial charge in [0, 0.05) is 26.6 Å². The highest BCUT2D eigenvalue weighted by atomic mass is 16.4. The molecule has 1 heterocycles. The van der Waals surface area contributed by atoms with Crippen LogP contribution in [0.4, 0.5) is 0 Å². The van der Waals surface area contributed by atoms with E-state index in [9.17, 15) is 14.4 Å². The van der Waals surface area contributed by atoms with Gasteiger partial charge in [0.15, 0.2) is 0 Å². The first kappa shape index (κ1) is 19.6.